The third kappa shape index (κ3) is 3.56. The predicted molar refractivity (Wildman–Crippen MR) is 99.7 cm³/mol. The maximum absolute atomic E-state index is 13.9. The summed E-state index contributed by atoms with van der Waals surface area (Å²) >= 11 is 0. The lowest BCUT2D eigenvalue weighted by Crippen LogP contribution is -2.62. The molecule has 4 fully saturated rings. The van der Waals surface area contributed by atoms with Crippen molar-refractivity contribution in [2.45, 2.75) is 62.4 Å². The molecule has 1 aromatic rings. The van der Waals surface area contributed by atoms with E-state index in [0.717, 1.165) is 49.7 Å². The molecular weight excluding hydrogens is 386 g/mol. The molecule has 154 valence electrons. The first kappa shape index (κ1) is 19.8. The summed E-state index contributed by atoms with van der Waals surface area (Å²) in [5.41, 5.74) is -1.46. The van der Waals surface area contributed by atoms with Crippen LogP contribution in [0.2, 0.25) is 0 Å². The van der Waals surface area contributed by atoms with Gasteiger partial charge in [-0.05, 0) is 81.8 Å². The topological polar surface area (TPSA) is 75.3 Å². The molecule has 0 heterocycles. The highest BCUT2D eigenvalue weighted by molar-refractivity contribution is 7.89. The van der Waals surface area contributed by atoms with Crippen LogP contribution in [0.5, 0.6) is 0 Å². The summed E-state index contributed by atoms with van der Waals surface area (Å²) in [5, 5.41) is 3.08. The highest BCUT2D eigenvalue weighted by atomic mass is 32.2. The van der Waals surface area contributed by atoms with Crippen LogP contribution in [0.3, 0.4) is 0 Å². The Morgan fingerprint density at radius 1 is 1.04 bits per heavy atom. The number of amides is 1. The predicted octanol–water partition coefficient (Wildman–Crippen LogP) is 2.96. The second-order valence-corrected chi connectivity index (χ2v) is 10.9. The molecule has 8 heteroatoms. The summed E-state index contributed by atoms with van der Waals surface area (Å²) in [6, 6.07) is 2.32. The Bertz CT molecular complexity index is 873. The summed E-state index contributed by atoms with van der Waals surface area (Å²) in [4.78, 5) is 12.2. The zero-order valence-electron chi connectivity index (χ0n) is 16.0. The van der Waals surface area contributed by atoms with Crippen molar-refractivity contribution < 1.29 is 22.0 Å². The molecule has 4 bridgehead atoms. The number of rotatable bonds is 5. The molecule has 4 saturated carbocycles. The Labute approximate surface area is 164 Å². The Morgan fingerprint density at radius 3 is 2.14 bits per heavy atom. The van der Waals surface area contributed by atoms with Gasteiger partial charge in [0.2, 0.25) is 15.9 Å². The highest BCUT2D eigenvalue weighted by Crippen LogP contribution is 2.53. The van der Waals surface area contributed by atoms with E-state index in [1.54, 1.807) is 0 Å². The number of sulfonamides is 1. The standard InChI is InChI=1S/C20H26F2N2O3S/c1-20(2,24-28(26,27)17-4-3-15(21)10-16(17)22)19(25)23-18-13-6-11-5-12(8-13)9-14(18)7-11/h3-4,10-14,18,24H,5-9H2,1-2H3,(H,23,25). The van der Waals surface area contributed by atoms with Crippen LogP contribution < -0.4 is 10.0 Å². The van der Waals surface area contributed by atoms with Crippen LogP contribution in [0.25, 0.3) is 0 Å². The molecule has 0 atom stereocenters. The molecule has 0 aliphatic heterocycles. The Balaban J connectivity index is 1.48. The summed E-state index contributed by atoms with van der Waals surface area (Å²) in [7, 11) is -4.32. The van der Waals surface area contributed by atoms with Gasteiger partial charge in [0, 0.05) is 12.1 Å². The molecule has 28 heavy (non-hydrogen) atoms. The van der Waals surface area contributed by atoms with Gasteiger partial charge in [0.15, 0.2) is 0 Å². The number of hydrogen-bond acceptors (Lipinski definition) is 3. The molecule has 5 rings (SSSR count). The molecule has 1 amide bonds. The van der Waals surface area contributed by atoms with E-state index in [2.05, 4.69) is 10.0 Å². The fourth-order valence-electron chi connectivity index (χ4n) is 5.62. The molecule has 0 spiro atoms. The number of benzene rings is 1. The first-order chi connectivity index (χ1) is 13.0. The molecule has 0 aromatic heterocycles. The van der Waals surface area contributed by atoms with Crippen molar-refractivity contribution in [1.29, 1.82) is 0 Å². The van der Waals surface area contributed by atoms with E-state index < -0.39 is 38.0 Å². The number of carbonyl (C=O) groups is 1. The monoisotopic (exact) mass is 412 g/mol. The summed E-state index contributed by atoms with van der Waals surface area (Å²) in [5.74, 6) is -0.0207. The van der Waals surface area contributed by atoms with Crippen LogP contribution in [-0.4, -0.2) is 25.9 Å². The van der Waals surface area contributed by atoms with Crippen molar-refractivity contribution >= 4 is 15.9 Å². The van der Waals surface area contributed by atoms with Crippen molar-refractivity contribution in [3.8, 4) is 0 Å². The molecule has 5 nitrogen and oxygen atoms in total. The van der Waals surface area contributed by atoms with Gasteiger partial charge in [0.05, 0.1) is 0 Å². The van der Waals surface area contributed by atoms with E-state index in [9.17, 15) is 22.0 Å². The van der Waals surface area contributed by atoms with Gasteiger partial charge in [-0.3, -0.25) is 4.79 Å². The molecule has 0 radical (unpaired) electrons. The third-order valence-corrected chi connectivity index (χ3v) is 8.35. The van der Waals surface area contributed by atoms with Crippen molar-refractivity contribution in [3.05, 3.63) is 29.8 Å². The van der Waals surface area contributed by atoms with Crippen LogP contribution in [0, 0.1) is 35.3 Å². The number of halogens is 2. The number of carbonyl (C=O) groups excluding carboxylic acids is 1. The molecule has 1 aromatic carbocycles. The quantitative estimate of drug-likeness (QED) is 0.781. The van der Waals surface area contributed by atoms with Gasteiger partial charge in [-0.15, -0.1) is 0 Å². The van der Waals surface area contributed by atoms with E-state index in [1.165, 1.54) is 20.3 Å². The molecular formula is C20H26F2N2O3S. The normalized spacial score (nSPS) is 31.8. The number of nitrogens with one attached hydrogen (secondary N) is 2. The second-order valence-electron chi connectivity index (χ2n) is 9.24. The maximum atomic E-state index is 13.9. The van der Waals surface area contributed by atoms with Gasteiger partial charge in [0.25, 0.3) is 0 Å². The summed E-state index contributed by atoms with van der Waals surface area (Å²) < 4.78 is 54.4. The average molecular weight is 413 g/mol. The van der Waals surface area contributed by atoms with Crippen molar-refractivity contribution in [2.75, 3.05) is 0 Å². The van der Waals surface area contributed by atoms with E-state index in [4.69, 9.17) is 0 Å². The lowest BCUT2D eigenvalue weighted by Gasteiger charge is -2.54. The zero-order valence-corrected chi connectivity index (χ0v) is 16.9. The van der Waals surface area contributed by atoms with E-state index in [1.807, 2.05) is 0 Å². The smallest absolute Gasteiger partial charge is 0.244 e. The van der Waals surface area contributed by atoms with Crippen LogP contribution in [-0.2, 0) is 14.8 Å². The largest absolute Gasteiger partial charge is 0.351 e. The zero-order chi connectivity index (χ0) is 20.3. The lowest BCUT2D eigenvalue weighted by atomic mass is 9.54. The van der Waals surface area contributed by atoms with E-state index in [-0.39, 0.29) is 6.04 Å². The summed E-state index contributed by atoms with van der Waals surface area (Å²) in [6.45, 7) is 2.91. The fourth-order valence-corrected chi connectivity index (χ4v) is 7.06. The van der Waals surface area contributed by atoms with Crippen LogP contribution in [0.4, 0.5) is 8.78 Å². The Kier molecular flexibility index (Phi) is 4.77. The minimum Gasteiger partial charge on any atom is -0.351 e. The average Bonchev–Trinajstić information content (AvgIpc) is 2.55. The van der Waals surface area contributed by atoms with Crippen molar-refractivity contribution in [3.63, 3.8) is 0 Å². The minimum absolute atomic E-state index is 0.0756. The van der Waals surface area contributed by atoms with Crippen molar-refractivity contribution in [1.82, 2.24) is 10.0 Å². The van der Waals surface area contributed by atoms with Gasteiger partial charge in [-0.2, -0.15) is 4.72 Å². The Morgan fingerprint density at radius 2 is 1.61 bits per heavy atom. The lowest BCUT2D eigenvalue weighted by molar-refractivity contribution is -0.129. The minimum atomic E-state index is -4.32. The van der Waals surface area contributed by atoms with Crippen molar-refractivity contribution in [2.24, 2.45) is 23.7 Å². The van der Waals surface area contributed by atoms with Gasteiger partial charge < -0.3 is 5.32 Å². The van der Waals surface area contributed by atoms with Gasteiger partial charge in [-0.25, -0.2) is 17.2 Å². The molecule has 0 saturated heterocycles. The summed E-state index contributed by atoms with van der Waals surface area (Å²) in [6.07, 6.45) is 5.83. The van der Waals surface area contributed by atoms with E-state index in [0.29, 0.717) is 17.9 Å². The molecule has 0 unspecified atom stereocenters. The van der Waals surface area contributed by atoms with Crippen LogP contribution in [0.1, 0.15) is 46.0 Å². The maximum Gasteiger partial charge on any atom is 0.244 e. The molecule has 4 aliphatic carbocycles. The number of hydrogen-bond donors (Lipinski definition) is 2. The highest BCUT2D eigenvalue weighted by Gasteiger charge is 2.49. The van der Waals surface area contributed by atoms with E-state index >= 15 is 0 Å². The fraction of sp³-hybridized carbons (Fsp3) is 0.650. The first-order valence-corrected chi connectivity index (χ1v) is 11.3. The third-order valence-electron chi connectivity index (χ3n) is 6.67. The Hall–Kier alpha value is -1.54. The second kappa shape index (κ2) is 6.76. The molecule has 2 N–H and O–H groups in total. The molecule has 4 aliphatic rings. The van der Waals surface area contributed by atoms with Gasteiger partial charge >= 0.3 is 0 Å². The van der Waals surface area contributed by atoms with Crippen LogP contribution >= 0.6 is 0 Å². The SMILES string of the molecule is CC(C)(NS(=O)(=O)c1ccc(F)cc1F)C(=O)NC1C2CC3CC(C2)CC1C3. The van der Waals surface area contributed by atoms with Crippen LogP contribution in [0.15, 0.2) is 23.1 Å². The first-order valence-electron chi connectivity index (χ1n) is 9.85. The van der Waals surface area contributed by atoms with Gasteiger partial charge in [-0.1, -0.05) is 0 Å². The van der Waals surface area contributed by atoms with Gasteiger partial charge in [0.1, 0.15) is 22.1 Å².